The number of rotatable bonds is 8. The van der Waals surface area contributed by atoms with Crippen LogP contribution in [0.1, 0.15) is 46.4 Å². The first-order valence-corrected chi connectivity index (χ1v) is 13.2. The zero-order valence-corrected chi connectivity index (χ0v) is 23.0. The van der Waals surface area contributed by atoms with Crippen LogP contribution in [0.25, 0.3) is 17.2 Å². The van der Waals surface area contributed by atoms with Crippen LogP contribution in [-0.2, 0) is 18.9 Å². The number of fused-ring (bicyclic) bond motifs is 2. The van der Waals surface area contributed by atoms with Gasteiger partial charge in [0.1, 0.15) is 36.8 Å². The van der Waals surface area contributed by atoms with Gasteiger partial charge in [-0.25, -0.2) is 24.7 Å². The molecule has 42 heavy (non-hydrogen) atoms. The van der Waals surface area contributed by atoms with Crippen LogP contribution in [0.5, 0.6) is 5.88 Å². The number of imidazole rings is 1. The minimum atomic E-state index is -0.831. The number of nitrogen functional groups attached to an aromatic ring is 1. The summed E-state index contributed by atoms with van der Waals surface area (Å²) in [5, 5.41) is 0. The van der Waals surface area contributed by atoms with Crippen molar-refractivity contribution in [1.29, 1.82) is 0 Å². The van der Waals surface area contributed by atoms with E-state index in [0.717, 1.165) is 0 Å². The number of aromatic nitrogens is 5. The first kappa shape index (κ1) is 27.4. The zero-order valence-electron chi connectivity index (χ0n) is 23.0. The molecule has 2 saturated heterocycles. The molecule has 2 N–H and O–H groups in total. The molecule has 1 aromatic carbocycles. The third-order valence-electron chi connectivity index (χ3n) is 6.97. The summed E-state index contributed by atoms with van der Waals surface area (Å²) in [7, 11) is 1.27. The Morgan fingerprint density at radius 1 is 1.07 bits per heavy atom. The maximum Gasteiger partial charge on any atom is 0.338 e. The van der Waals surface area contributed by atoms with Gasteiger partial charge in [-0.3, -0.25) is 9.36 Å². The van der Waals surface area contributed by atoms with E-state index >= 15 is 0 Å². The Balaban J connectivity index is 1.17. The summed E-state index contributed by atoms with van der Waals surface area (Å²) >= 11 is 0. The fourth-order valence-electron chi connectivity index (χ4n) is 5.10. The number of pyridine rings is 1. The molecule has 2 fully saturated rings. The highest BCUT2D eigenvalue weighted by Crippen LogP contribution is 2.44. The SMILES string of the molecule is COC(=O)c1ccccc1C(=O)/C=C/c1ccnc(OC[C@H]2O[C@@H](n3cnc4c(N)ncnc43)[C@@H]3OC(C)(C)O[C@@H]32)c1. The van der Waals surface area contributed by atoms with Gasteiger partial charge in [-0.2, -0.15) is 0 Å². The van der Waals surface area contributed by atoms with Gasteiger partial charge in [0.05, 0.1) is 19.0 Å². The lowest BCUT2D eigenvalue weighted by Gasteiger charge is -2.24. The number of methoxy groups -OCH3 is 1. The molecule has 0 saturated carbocycles. The molecule has 13 heteroatoms. The number of benzene rings is 1. The van der Waals surface area contributed by atoms with E-state index in [9.17, 15) is 9.59 Å². The average molecular weight is 573 g/mol. The molecular formula is C29H28N6O7. The summed E-state index contributed by atoms with van der Waals surface area (Å²) in [4.78, 5) is 41.8. The summed E-state index contributed by atoms with van der Waals surface area (Å²) in [6.45, 7) is 3.80. The van der Waals surface area contributed by atoms with Crippen LogP contribution in [0, 0.1) is 0 Å². The van der Waals surface area contributed by atoms with Crippen molar-refractivity contribution in [1.82, 2.24) is 24.5 Å². The van der Waals surface area contributed by atoms with E-state index in [-0.39, 0.29) is 29.3 Å². The zero-order chi connectivity index (χ0) is 29.4. The third-order valence-corrected chi connectivity index (χ3v) is 6.97. The van der Waals surface area contributed by atoms with Gasteiger partial charge in [-0.1, -0.05) is 24.3 Å². The predicted octanol–water partition coefficient (Wildman–Crippen LogP) is 2.98. The largest absolute Gasteiger partial charge is 0.475 e. The van der Waals surface area contributed by atoms with Gasteiger partial charge < -0.3 is 29.4 Å². The third kappa shape index (κ3) is 5.20. The van der Waals surface area contributed by atoms with Crippen molar-refractivity contribution in [2.24, 2.45) is 0 Å². The molecular weight excluding hydrogens is 544 g/mol. The van der Waals surface area contributed by atoms with Gasteiger partial charge >= 0.3 is 5.97 Å². The molecule has 0 unspecified atom stereocenters. The second-order valence-electron chi connectivity index (χ2n) is 10.2. The molecule has 0 radical (unpaired) electrons. The lowest BCUT2D eigenvalue weighted by molar-refractivity contribution is -0.199. The fourth-order valence-corrected chi connectivity index (χ4v) is 5.10. The summed E-state index contributed by atoms with van der Waals surface area (Å²) < 4.78 is 31.3. The maximum atomic E-state index is 12.8. The van der Waals surface area contributed by atoms with Gasteiger partial charge in [0.15, 0.2) is 29.3 Å². The van der Waals surface area contributed by atoms with Gasteiger partial charge in [0.2, 0.25) is 5.88 Å². The number of anilines is 1. The van der Waals surface area contributed by atoms with E-state index in [1.54, 1.807) is 59.6 Å². The first-order valence-electron chi connectivity index (χ1n) is 13.2. The van der Waals surface area contributed by atoms with Crippen molar-refractivity contribution in [2.75, 3.05) is 19.5 Å². The Morgan fingerprint density at radius 2 is 1.86 bits per heavy atom. The summed E-state index contributed by atoms with van der Waals surface area (Å²) in [5.41, 5.74) is 8.08. The van der Waals surface area contributed by atoms with Crippen LogP contribution in [0.3, 0.4) is 0 Å². The Hall–Kier alpha value is -4.72. The van der Waals surface area contributed by atoms with Crippen molar-refractivity contribution in [3.63, 3.8) is 0 Å². The predicted molar refractivity (Wildman–Crippen MR) is 148 cm³/mol. The number of ketones is 1. The molecule has 0 spiro atoms. The number of hydrogen-bond donors (Lipinski definition) is 1. The molecule has 216 valence electrons. The van der Waals surface area contributed by atoms with Gasteiger partial charge in [-0.15, -0.1) is 0 Å². The molecule has 0 amide bonds. The molecule has 5 heterocycles. The number of allylic oxidation sites excluding steroid dienone is 1. The smallest absolute Gasteiger partial charge is 0.338 e. The molecule has 0 aliphatic carbocycles. The molecule has 6 rings (SSSR count). The highest BCUT2D eigenvalue weighted by Gasteiger charge is 2.56. The standard InChI is InChI=1S/C29H28N6O7/c1-29(2)41-23-20(40-27(24(23)42-29)35-15-34-22-25(30)32-14-33-26(22)35)13-39-21-12-16(10-11-31-21)8-9-19(36)17-6-4-5-7-18(17)28(37)38-3/h4-12,14-15,20,23-24,27H,13H2,1-3H3,(H2,30,32,33)/b9-8+/t20-,23-,24-,27-/m1/s1. The molecule has 4 aromatic rings. The maximum absolute atomic E-state index is 12.8. The van der Waals surface area contributed by atoms with Crippen LogP contribution in [0.4, 0.5) is 5.82 Å². The van der Waals surface area contributed by atoms with E-state index in [1.165, 1.54) is 19.5 Å². The Kier molecular flexibility index (Phi) is 7.14. The molecule has 4 atom stereocenters. The first-order chi connectivity index (χ1) is 20.2. The quantitative estimate of drug-likeness (QED) is 0.187. The summed E-state index contributed by atoms with van der Waals surface area (Å²) in [6, 6.07) is 9.90. The van der Waals surface area contributed by atoms with Gasteiger partial charge in [0.25, 0.3) is 0 Å². The highest BCUT2D eigenvalue weighted by atomic mass is 16.8. The van der Waals surface area contributed by atoms with E-state index < -0.39 is 36.3 Å². The molecule has 13 nitrogen and oxygen atoms in total. The van der Waals surface area contributed by atoms with Crippen LogP contribution >= 0.6 is 0 Å². The summed E-state index contributed by atoms with van der Waals surface area (Å²) in [6.07, 6.45) is 5.56. The van der Waals surface area contributed by atoms with Crippen LogP contribution < -0.4 is 10.5 Å². The lowest BCUT2D eigenvalue weighted by Crippen LogP contribution is -2.34. The molecule has 3 aromatic heterocycles. The number of carbonyl (C=O) groups excluding carboxylic acids is 2. The number of hydrogen-bond acceptors (Lipinski definition) is 12. The molecule has 0 bridgehead atoms. The number of nitrogens with two attached hydrogens (primary N) is 1. The minimum absolute atomic E-state index is 0.118. The van der Waals surface area contributed by atoms with E-state index in [4.69, 9.17) is 29.4 Å². The lowest BCUT2D eigenvalue weighted by atomic mass is 10.0. The number of carbonyl (C=O) groups is 2. The Morgan fingerprint density at radius 3 is 2.67 bits per heavy atom. The second-order valence-corrected chi connectivity index (χ2v) is 10.2. The van der Waals surface area contributed by atoms with Crippen LogP contribution in [0.2, 0.25) is 0 Å². The van der Waals surface area contributed by atoms with E-state index in [1.807, 2.05) is 13.8 Å². The normalized spacial score (nSPS) is 22.8. The summed E-state index contributed by atoms with van der Waals surface area (Å²) in [5.74, 6) is -1.15. The average Bonchev–Trinajstić information content (AvgIpc) is 3.66. The number of ether oxygens (including phenoxy) is 5. The minimum Gasteiger partial charge on any atom is -0.475 e. The highest BCUT2D eigenvalue weighted by molar-refractivity contribution is 6.12. The van der Waals surface area contributed by atoms with Crippen molar-refractivity contribution in [3.05, 3.63) is 78.0 Å². The van der Waals surface area contributed by atoms with E-state index in [2.05, 4.69) is 19.9 Å². The number of esters is 1. The van der Waals surface area contributed by atoms with E-state index in [0.29, 0.717) is 22.6 Å². The van der Waals surface area contributed by atoms with Crippen molar-refractivity contribution < 1.29 is 33.3 Å². The number of nitrogens with zero attached hydrogens (tertiary/aromatic N) is 5. The Bertz CT molecular complexity index is 1690. The van der Waals surface area contributed by atoms with Crippen LogP contribution in [0.15, 0.2) is 61.3 Å². The molecule has 2 aliphatic heterocycles. The van der Waals surface area contributed by atoms with Gasteiger partial charge in [0, 0.05) is 17.8 Å². The van der Waals surface area contributed by atoms with Crippen molar-refractivity contribution in [2.45, 2.75) is 44.2 Å². The van der Waals surface area contributed by atoms with Crippen LogP contribution in [-0.4, -0.2) is 74.1 Å². The molecule has 2 aliphatic rings. The monoisotopic (exact) mass is 572 g/mol. The topological polar surface area (TPSA) is 163 Å². The van der Waals surface area contributed by atoms with Crippen molar-refractivity contribution in [3.8, 4) is 5.88 Å². The van der Waals surface area contributed by atoms with Gasteiger partial charge in [-0.05, 0) is 37.6 Å². The Labute approximate surface area is 240 Å². The second kappa shape index (κ2) is 10.9. The van der Waals surface area contributed by atoms with Crippen molar-refractivity contribution >= 4 is 34.8 Å². The fraction of sp³-hybridized carbons (Fsp3) is 0.310.